The molecule has 0 amide bonds. The summed E-state index contributed by atoms with van der Waals surface area (Å²) in [6, 6.07) is 5.73. The first-order valence-corrected chi connectivity index (χ1v) is 10.3. The van der Waals surface area contributed by atoms with E-state index in [1.165, 1.54) is 35.4 Å². The zero-order valence-electron chi connectivity index (χ0n) is 18.3. The summed E-state index contributed by atoms with van der Waals surface area (Å²) >= 11 is 0. The van der Waals surface area contributed by atoms with Crippen molar-refractivity contribution in [2.75, 3.05) is 0 Å². The second-order valence-electron chi connectivity index (χ2n) is 8.38. The second kappa shape index (κ2) is 7.77. The molecule has 1 aromatic carbocycles. The summed E-state index contributed by atoms with van der Waals surface area (Å²) in [5.74, 6) is -0.350. The number of nitrogens with zero attached hydrogens (tertiary/aromatic N) is 5. The Labute approximate surface area is 181 Å². The molecule has 0 atom stereocenters. The van der Waals surface area contributed by atoms with Gasteiger partial charge in [-0.2, -0.15) is 4.98 Å². The number of hydrogen-bond donors (Lipinski definition) is 1. The Hall–Kier alpha value is -3.69. The van der Waals surface area contributed by atoms with E-state index in [4.69, 9.17) is 0 Å². The number of aromatic hydroxyl groups is 1. The third-order valence-corrected chi connectivity index (χ3v) is 5.69. The van der Waals surface area contributed by atoms with Gasteiger partial charge in [-0.15, -0.1) is 0 Å². The van der Waals surface area contributed by atoms with Crippen molar-refractivity contribution in [3.8, 4) is 5.88 Å². The van der Waals surface area contributed by atoms with Crippen LogP contribution in [-0.4, -0.2) is 28.2 Å². The van der Waals surface area contributed by atoms with Gasteiger partial charge in [-0.25, -0.2) is 13.6 Å². The van der Waals surface area contributed by atoms with Gasteiger partial charge in [0.2, 0.25) is 11.7 Å². The van der Waals surface area contributed by atoms with Crippen LogP contribution in [0.1, 0.15) is 31.4 Å². The standard InChI is InChI=1S/C22H24FN5O4/c1-12(2)5-10-15-18(29)27(11-13-6-8-14(23)9-7-13)21-24-17-16(28(21)19(15)30)20(31)26(4)22(32)25(17)3/h6-9,12,29H,5,10-11H2,1-4H3. The number of aromatic nitrogens is 5. The number of benzene rings is 1. The van der Waals surface area contributed by atoms with Crippen molar-refractivity contribution in [2.45, 2.75) is 33.2 Å². The smallest absolute Gasteiger partial charge is 0.332 e. The van der Waals surface area contributed by atoms with E-state index in [9.17, 15) is 23.9 Å². The van der Waals surface area contributed by atoms with Gasteiger partial charge in [0.25, 0.3) is 11.1 Å². The van der Waals surface area contributed by atoms with E-state index < -0.39 is 22.6 Å². The summed E-state index contributed by atoms with van der Waals surface area (Å²) in [7, 11) is 2.80. The van der Waals surface area contributed by atoms with Crippen molar-refractivity contribution in [2.24, 2.45) is 20.0 Å². The minimum atomic E-state index is -0.651. The monoisotopic (exact) mass is 441 g/mol. The van der Waals surface area contributed by atoms with Gasteiger partial charge in [0.15, 0.2) is 11.2 Å². The lowest BCUT2D eigenvalue weighted by atomic mass is 10.0. The molecule has 0 saturated carbocycles. The van der Waals surface area contributed by atoms with Gasteiger partial charge in [0, 0.05) is 14.1 Å². The highest BCUT2D eigenvalue weighted by Crippen LogP contribution is 2.23. The first kappa shape index (κ1) is 21.5. The molecule has 3 aromatic heterocycles. The van der Waals surface area contributed by atoms with Crippen LogP contribution in [-0.2, 0) is 27.1 Å². The summed E-state index contributed by atoms with van der Waals surface area (Å²) in [4.78, 5) is 43.1. The summed E-state index contributed by atoms with van der Waals surface area (Å²) in [5, 5.41) is 11.1. The average molecular weight is 441 g/mol. The van der Waals surface area contributed by atoms with Crippen LogP contribution in [0.4, 0.5) is 4.39 Å². The van der Waals surface area contributed by atoms with Crippen molar-refractivity contribution >= 4 is 16.9 Å². The lowest BCUT2D eigenvalue weighted by molar-refractivity contribution is 0.408. The number of halogens is 1. The molecule has 0 spiro atoms. The molecule has 9 nitrogen and oxygen atoms in total. The molecule has 3 heterocycles. The quantitative estimate of drug-likeness (QED) is 0.506. The molecular weight excluding hydrogens is 417 g/mol. The van der Waals surface area contributed by atoms with E-state index in [2.05, 4.69) is 4.98 Å². The fourth-order valence-electron chi connectivity index (χ4n) is 3.82. The maximum atomic E-state index is 13.4. The minimum Gasteiger partial charge on any atom is -0.494 e. The van der Waals surface area contributed by atoms with Gasteiger partial charge in [0.1, 0.15) is 5.82 Å². The van der Waals surface area contributed by atoms with Crippen LogP contribution < -0.4 is 16.8 Å². The van der Waals surface area contributed by atoms with E-state index in [0.29, 0.717) is 18.4 Å². The Bertz CT molecular complexity index is 1520. The van der Waals surface area contributed by atoms with Crippen molar-refractivity contribution in [3.63, 3.8) is 0 Å². The molecule has 0 unspecified atom stereocenters. The Kier molecular flexibility index (Phi) is 5.23. The molecule has 0 radical (unpaired) electrons. The van der Waals surface area contributed by atoms with Gasteiger partial charge in [-0.05, 0) is 36.5 Å². The van der Waals surface area contributed by atoms with E-state index in [-0.39, 0.29) is 40.8 Å². The molecule has 0 fully saturated rings. The fraction of sp³-hybridized carbons (Fsp3) is 0.364. The van der Waals surface area contributed by atoms with Crippen LogP contribution >= 0.6 is 0 Å². The zero-order chi connectivity index (χ0) is 23.3. The van der Waals surface area contributed by atoms with Crippen LogP contribution in [0.15, 0.2) is 38.6 Å². The van der Waals surface area contributed by atoms with Crippen molar-refractivity contribution in [1.29, 1.82) is 0 Å². The third kappa shape index (κ3) is 3.31. The SMILES string of the molecule is CC(C)CCc1c(O)n(Cc2ccc(F)cc2)c2nc3c(c(=O)n(C)c(=O)n3C)n2c1=O. The molecule has 168 valence electrons. The third-order valence-electron chi connectivity index (χ3n) is 5.69. The summed E-state index contributed by atoms with van der Waals surface area (Å²) in [6.45, 7) is 4.09. The molecule has 0 aliphatic heterocycles. The van der Waals surface area contributed by atoms with Crippen LogP contribution in [0, 0.1) is 11.7 Å². The Morgan fingerprint density at radius 1 is 1.03 bits per heavy atom. The second-order valence-corrected chi connectivity index (χ2v) is 8.38. The van der Waals surface area contributed by atoms with Crippen LogP contribution in [0.2, 0.25) is 0 Å². The van der Waals surface area contributed by atoms with Crippen LogP contribution in [0.25, 0.3) is 16.9 Å². The number of rotatable bonds is 5. The molecule has 4 aromatic rings. The molecule has 4 rings (SSSR count). The maximum Gasteiger partial charge on any atom is 0.332 e. The normalized spacial score (nSPS) is 11.8. The van der Waals surface area contributed by atoms with Gasteiger partial charge in [-0.3, -0.25) is 23.3 Å². The van der Waals surface area contributed by atoms with Crippen LogP contribution in [0.3, 0.4) is 0 Å². The summed E-state index contributed by atoms with van der Waals surface area (Å²) in [5.41, 5.74) is -0.947. The summed E-state index contributed by atoms with van der Waals surface area (Å²) in [6.07, 6.45) is 0.946. The van der Waals surface area contributed by atoms with E-state index >= 15 is 0 Å². The van der Waals surface area contributed by atoms with E-state index in [1.807, 2.05) is 13.8 Å². The van der Waals surface area contributed by atoms with Gasteiger partial charge >= 0.3 is 5.69 Å². The number of aryl methyl sites for hydroxylation is 1. The molecular formula is C22H24FN5O4. The molecule has 0 aliphatic carbocycles. The molecule has 0 bridgehead atoms. The lowest BCUT2D eigenvalue weighted by Crippen LogP contribution is -2.38. The maximum absolute atomic E-state index is 13.4. The highest BCUT2D eigenvalue weighted by atomic mass is 19.1. The fourth-order valence-corrected chi connectivity index (χ4v) is 3.82. The Morgan fingerprint density at radius 3 is 2.31 bits per heavy atom. The number of imidazole rings is 1. The van der Waals surface area contributed by atoms with Gasteiger partial charge in [0.05, 0.1) is 12.1 Å². The highest BCUT2D eigenvalue weighted by molar-refractivity contribution is 5.75. The molecule has 1 N–H and O–H groups in total. The molecule has 0 saturated heterocycles. The zero-order valence-corrected chi connectivity index (χ0v) is 18.3. The van der Waals surface area contributed by atoms with Crippen LogP contribution in [0.5, 0.6) is 5.88 Å². The average Bonchev–Trinajstić information content (AvgIpc) is 3.15. The first-order valence-electron chi connectivity index (χ1n) is 10.3. The molecule has 10 heteroatoms. The Morgan fingerprint density at radius 2 is 1.69 bits per heavy atom. The molecule has 32 heavy (non-hydrogen) atoms. The topological polar surface area (TPSA) is 104 Å². The van der Waals surface area contributed by atoms with E-state index in [0.717, 1.165) is 8.97 Å². The number of hydrogen-bond acceptors (Lipinski definition) is 5. The number of fused-ring (bicyclic) bond motifs is 3. The minimum absolute atomic E-state index is 0.0263. The van der Waals surface area contributed by atoms with Gasteiger partial charge < -0.3 is 5.11 Å². The Balaban J connectivity index is 2.12. The van der Waals surface area contributed by atoms with Crippen molar-refractivity contribution in [3.05, 3.63) is 72.4 Å². The summed E-state index contributed by atoms with van der Waals surface area (Å²) < 4.78 is 18.1. The molecule has 0 aliphatic rings. The first-order chi connectivity index (χ1) is 15.1. The predicted molar refractivity (Wildman–Crippen MR) is 118 cm³/mol. The van der Waals surface area contributed by atoms with Crippen molar-refractivity contribution in [1.82, 2.24) is 23.1 Å². The predicted octanol–water partition coefficient (Wildman–Crippen LogP) is 1.53. The van der Waals surface area contributed by atoms with Crippen molar-refractivity contribution < 1.29 is 9.50 Å². The van der Waals surface area contributed by atoms with E-state index in [1.54, 1.807) is 12.1 Å². The lowest BCUT2D eigenvalue weighted by Gasteiger charge is -2.15. The largest absolute Gasteiger partial charge is 0.494 e. The van der Waals surface area contributed by atoms with Gasteiger partial charge in [-0.1, -0.05) is 26.0 Å². The highest BCUT2D eigenvalue weighted by Gasteiger charge is 2.24.